The highest BCUT2D eigenvalue weighted by Gasteiger charge is 2.22. The Morgan fingerprint density at radius 1 is 1.00 bits per heavy atom. The van der Waals surface area contributed by atoms with Crippen LogP contribution in [-0.2, 0) is 16.6 Å². The first-order chi connectivity index (χ1) is 11.6. The molecular weight excluding hydrogens is 302 g/mol. The van der Waals surface area contributed by atoms with E-state index in [1.54, 1.807) is 6.92 Å². The first-order valence-corrected chi connectivity index (χ1v) is 7.95. The van der Waals surface area contributed by atoms with Crippen LogP contribution in [0.25, 0.3) is 22.2 Å². The third kappa shape index (κ3) is 2.83. The van der Waals surface area contributed by atoms with E-state index < -0.39 is 0 Å². The van der Waals surface area contributed by atoms with E-state index in [0.717, 1.165) is 22.2 Å². The van der Waals surface area contributed by atoms with Crippen LogP contribution in [0, 0.1) is 0 Å². The molecule has 0 aliphatic carbocycles. The minimum Gasteiger partial charge on any atom is -0.457 e. The van der Waals surface area contributed by atoms with E-state index in [2.05, 4.69) is 0 Å². The van der Waals surface area contributed by atoms with Gasteiger partial charge in [0.25, 0.3) is 0 Å². The van der Waals surface area contributed by atoms with Gasteiger partial charge in [0.15, 0.2) is 6.61 Å². The van der Waals surface area contributed by atoms with Crippen LogP contribution in [-0.4, -0.2) is 22.9 Å². The van der Waals surface area contributed by atoms with Crippen molar-refractivity contribution >= 4 is 22.7 Å². The summed E-state index contributed by atoms with van der Waals surface area (Å²) in [6, 6.07) is 17.5. The number of benzene rings is 2. The summed E-state index contributed by atoms with van der Waals surface area (Å²) in [6.07, 6.45) is 0.258. The molecule has 4 heteroatoms. The second-order valence-electron chi connectivity index (χ2n) is 5.60. The minimum atomic E-state index is -0.371. The van der Waals surface area contributed by atoms with Crippen molar-refractivity contribution in [2.24, 2.45) is 7.05 Å². The highest BCUT2D eigenvalue weighted by Crippen LogP contribution is 2.33. The van der Waals surface area contributed by atoms with Gasteiger partial charge in [-0.3, -0.25) is 9.59 Å². The molecule has 4 nitrogen and oxygen atoms in total. The molecule has 1 heterocycles. The highest BCUT2D eigenvalue weighted by atomic mass is 16.5. The van der Waals surface area contributed by atoms with Gasteiger partial charge in [-0.2, -0.15) is 0 Å². The van der Waals surface area contributed by atoms with Crippen molar-refractivity contribution in [3.8, 4) is 11.3 Å². The Balaban J connectivity index is 2.14. The van der Waals surface area contributed by atoms with Crippen molar-refractivity contribution in [3.63, 3.8) is 0 Å². The zero-order valence-corrected chi connectivity index (χ0v) is 13.8. The Morgan fingerprint density at radius 3 is 2.38 bits per heavy atom. The molecule has 0 bridgehead atoms. The SMILES string of the molecule is CCC(=O)OCC(=O)c1c(-c2ccccc2)n(C)c2ccccc12. The molecule has 3 aromatic rings. The number of ketones is 1. The lowest BCUT2D eigenvalue weighted by Gasteiger charge is -2.08. The fourth-order valence-electron chi connectivity index (χ4n) is 2.93. The molecule has 0 atom stereocenters. The second kappa shape index (κ2) is 6.71. The van der Waals surface area contributed by atoms with Crippen LogP contribution in [0.2, 0.25) is 0 Å². The van der Waals surface area contributed by atoms with E-state index in [-0.39, 0.29) is 24.8 Å². The van der Waals surface area contributed by atoms with Crippen molar-refractivity contribution in [1.82, 2.24) is 4.57 Å². The normalized spacial score (nSPS) is 10.8. The number of fused-ring (bicyclic) bond motifs is 1. The summed E-state index contributed by atoms with van der Waals surface area (Å²) in [7, 11) is 1.94. The van der Waals surface area contributed by atoms with Gasteiger partial charge in [-0.05, 0) is 11.6 Å². The number of aryl methyl sites for hydroxylation is 1. The number of hydrogen-bond acceptors (Lipinski definition) is 3. The molecule has 122 valence electrons. The van der Waals surface area contributed by atoms with Crippen molar-refractivity contribution in [3.05, 3.63) is 60.2 Å². The van der Waals surface area contributed by atoms with Crippen LogP contribution >= 0.6 is 0 Å². The van der Waals surface area contributed by atoms with E-state index in [0.29, 0.717) is 5.56 Å². The van der Waals surface area contributed by atoms with Crippen LogP contribution in [0.3, 0.4) is 0 Å². The maximum Gasteiger partial charge on any atom is 0.305 e. The quantitative estimate of drug-likeness (QED) is 0.527. The predicted octanol–water partition coefficient (Wildman–Crippen LogP) is 3.98. The smallest absolute Gasteiger partial charge is 0.305 e. The average Bonchev–Trinajstić information content (AvgIpc) is 2.93. The first-order valence-electron chi connectivity index (χ1n) is 7.95. The summed E-state index contributed by atoms with van der Waals surface area (Å²) < 4.78 is 7.07. The summed E-state index contributed by atoms with van der Waals surface area (Å²) in [6.45, 7) is 1.47. The summed E-state index contributed by atoms with van der Waals surface area (Å²) in [5, 5.41) is 0.872. The summed E-state index contributed by atoms with van der Waals surface area (Å²) in [5.74, 6) is -0.558. The standard InChI is InChI=1S/C20H19NO3/c1-3-18(23)24-13-17(22)19-15-11-7-8-12-16(15)21(2)20(19)14-9-5-4-6-10-14/h4-12H,3,13H2,1-2H3. The fourth-order valence-corrected chi connectivity index (χ4v) is 2.93. The van der Waals surface area contributed by atoms with Crippen LogP contribution < -0.4 is 0 Å². The summed E-state index contributed by atoms with van der Waals surface area (Å²) in [4.78, 5) is 24.2. The number of carbonyl (C=O) groups is 2. The molecule has 0 fully saturated rings. The van der Waals surface area contributed by atoms with Gasteiger partial charge in [-0.25, -0.2) is 0 Å². The lowest BCUT2D eigenvalue weighted by molar-refractivity contribution is -0.142. The molecule has 2 aromatic carbocycles. The Kier molecular flexibility index (Phi) is 4.47. The molecule has 0 unspecified atom stereocenters. The molecule has 0 amide bonds. The topological polar surface area (TPSA) is 48.3 Å². The van der Waals surface area contributed by atoms with Gasteiger partial charge >= 0.3 is 5.97 Å². The molecular formula is C20H19NO3. The number of hydrogen-bond donors (Lipinski definition) is 0. The van der Waals surface area contributed by atoms with E-state index in [1.165, 1.54) is 0 Å². The van der Waals surface area contributed by atoms with Crippen LogP contribution in [0.1, 0.15) is 23.7 Å². The molecule has 24 heavy (non-hydrogen) atoms. The number of aromatic nitrogens is 1. The number of para-hydroxylation sites is 1. The zero-order chi connectivity index (χ0) is 17.1. The molecule has 1 aromatic heterocycles. The van der Waals surface area contributed by atoms with Gasteiger partial charge in [0.1, 0.15) is 0 Å². The third-order valence-corrected chi connectivity index (χ3v) is 4.09. The Labute approximate surface area is 140 Å². The van der Waals surface area contributed by atoms with Crippen LogP contribution in [0.4, 0.5) is 0 Å². The molecule has 0 saturated heterocycles. The predicted molar refractivity (Wildman–Crippen MR) is 93.9 cm³/mol. The molecule has 0 aliphatic rings. The molecule has 0 spiro atoms. The molecule has 0 N–H and O–H groups in total. The van der Waals surface area contributed by atoms with Crippen LogP contribution in [0.5, 0.6) is 0 Å². The van der Waals surface area contributed by atoms with Crippen LogP contribution in [0.15, 0.2) is 54.6 Å². The maximum absolute atomic E-state index is 12.8. The van der Waals surface area contributed by atoms with Crippen molar-refractivity contribution in [2.75, 3.05) is 6.61 Å². The van der Waals surface area contributed by atoms with Gasteiger partial charge < -0.3 is 9.30 Å². The largest absolute Gasteiger partial charge is 0.457 e. The number of esters is 1. The zero-order valence-electron chi connectivity index (χ0n) is 13.8. The lowest BCUT2D eigenvalue weighted by Crippen LogP contribution is -2.14. The molecule has 0 radical (unpaired) electrons. The average molecular weight is 321 g/mol. The Morgan fingerprint density at radius 2 is 1.67 bits per heavy atom. The molecule has 3 rings (SSSR count). The van der Waals surface area contributed by atoms with E-state index in [9.17, 15) is 9.59 Å². The number of Topliss-reactive ketones (excluding diaryl/α,β-unsaturated/α-hetero) is 1. The third-order valence-electron chi connectivity index (χ3n) is 4.09. The minimum absolute atomic E-state index is 0.188. The Bertz CT molecular complexity index is 894. The highest BCUT2D eigenvalue weighted by molar-refractivity contribution is 6.14. The van der Waals surface area contributed by atoms with Gasteiger partial charge in [0, 0.05) is 24.4 Å². The van der Waals surface area contributed by atoms with E-state index >= 15 is 0 Å². The van der Waals surface area contributed by atoms with Crippen molar-refractivity contribution in [1.29, 1.82) is 0 Å². The number of nitrogens with zero attached hydrogens (tertiary/aromatic N) is 1. The lowest BCUT2D eigenvalue weighted by atomic mass is 10.0. The van der Waals surface area contributed by atoms with Gasteiger partial charge in [-0.1, -0.05) is 55.5 Å². The van der Waals surface area contributed by atoms with Gasteiger partial charge in [0.2, 0.25) is 5.78 Å². The molecule has 0 aliphatic heterocycles. The Hall–Kier alpha value is -2.88. The van der Waals surface area contributed by atoms with Crippen molar-refractivity contribution in [2.45, 2.75) is 13.3 Å². The maximum atomic E-state index is 12.8. The van der Waals surface area contributed by atoms with Gasteiger partial charge in [-0.15, -0.1) is 0 Å². The summed E-state index contributed by atoms with van der Waals surface area (Å²) in [5.41, 5.74) is 3.38. The number of ether oxygens (including phenoxy) is 1. The summed E-state index contributed by atoms with van der Waals surface area (Å²) >= 11 is 0. The number of carbonyl (C=O) groups excluding carboxylic acids is 2. The number of rotatable bonds is 5. The fraction of sp³-hybridized carbons (Fsp3) is 0.200. The van der Waals surface area contributed by atoms with E-state index in [4.69, 9.17) is 4.74 Å². The van der Waals surface area contributed by atoms with Crippen molar-refractivity contribution < 1.29 is 14.3 Å². The monoisotopic (exact) mass is 321 g/mol. The first kappa shape index (κ1) is 16.0. The second-order valence-corrected chi connectivity index (χ2v) is 5.60. The van der Waals surface area contributed by atoms with Gasteiger partial charge in [0.05, 0.1) is 11.3 Å². The molecule has 0 saturated carbocycles. The van der Waals surface area contributed by atoms with E-state index in [1.807, 2.05) is 66.2 Å².